The van der Waals surface area contributed by atoms with Crippen LogP contribution in [0.4, 0.5) is 0 Å². The van der Waals surface area contributed by atoms with Crippen molar-refractivity contribution >= 4 is 11.7 Å². The topological polar surface area (TPSA) is 217 Å². The minimum absolute atomic E-state index is 0.0307. The van der Waals surface area contributed by atoms with Crippen LogP contribution in [0.1, 0.15) is 94.9 Å². The van der Waals surface area contributed by atoms with Crippen molar-refractivity contribution < 1.29 is 73.1 Å². The van der Waals surface area contributed by atoms with Gasteiger partial charge < -0.3 is 73.2 Å². The second-order valence-electron chi connectivity index (χ2n) is 17.7. The molecule has 0 aromatic rings. The molecule has 3 heterocycles. The monoisotopic (exact) mass is 837 g/mol. The molecule has 0 saturated carbocycles. The van der Waals surface area contributed by atoms with Gasteiger partial charge in [-0.2, -0.15) is 0 Å². The van der Waals surface area contributed by atoms with E-state index in [0.717, 1.165) is 0 Å². The Morgan fingerprint density at radius 1 is 0.897 bits per heavy atom. The van der Waals surface area contributed by atoms with Gasteiger partial charge in [0.05, 0.1) is 66.6 Å². The van der Waals surface area contributed by atoms with Crippen LogP contribution in [0.3, 0.4) is 0 Å². The van der Waals surface area contributed by atoms with Crippen molar-refractivity contribution in [3.05, 3.63) is 0 Å². The minimum atomic E-state index is -1.97. The molecule has 3 aliphatic heterocycles. The Balaban J connectivity index is 2.22. The van der Waals surface area contributed by atoms with E-state index in [2.05, 4.69) is 5.16 Å². The summed E-state index contributed by atoms with van der Waals surface area (Å²) in [4.78, 5) is 21.8. The van der Waals surface area contributed by atoms with Crippen LogP contribution >= 0.6 is 0 Å². The fourth-order valence-electron chi connectivity index (χ4n) is 8.93. The standard InChI is InChI=1S/C41H76N2O15/c1-15-29-41(10,49)34(45)24(4)31(42-53-21-52-17-16-50-13)22(2)19-39(8,48)36(58-38-32(44)28(43(11)12)18-23(3)54-38)25(5)33(26(6)37(47)56-29)57-30-20-40(9,51-14)35(46)27(7)55-30/h22-30,32-36,38,44-46,48-49H,15-21H2,1-14H3/b42-31-/t22-,23+,24-,25-,26+,27-,28-,29-,30+,32-,33+,34+,35+,36-,38-,39+,40-,41+/m0/s1. The van der Waals surface area contributed by atoms with Gasteiger partial charge in [0.25, 0.3) is 0 Å². The maximum absolute atomic E-state index is 14.3. The van der Waals surface area contributed by atoms with E-state index >= 15 is 0 Å². The first kappa shape index (κ1) is 50.8. The van der Waals surface area contributed by atoms with Crippen LogP contribution in [-0.2, 0) is 47.5 Å². The van der Waals surface area contributed by atoms with Crippen molar-refractivity contribution in [1.82, 2.24) is 4.90 Å². The number of hydrogen-bond donors (Lipinski definition) is 5. The average molecular weight is 837 g/mol. The zero-order valence-corrected chi connectivity index (χ0v) is 37.3. The lowest BCUT2D eigenvalue weighted by atomic mass is 9.73. The van der Waals surface area contributed by atoms with Crippen LogP contribution in [0.15, 0.2) is 5.16 Å². The molecule has 0 radical (unpaired) electrons. The van der Waals surface area contributed by atoms with Crippen LogP contribution in [0.25, 0.3) is 0 Å². The van der Waals surface area contributed by atoms with Crippen molar-refractivity contribution in [3.8, 4) is 0 Å². The summed E-state index contributed by atoms with van der Waals surface area (Å²) in [7, 11) is 6.76. The quantitative estimate of drug-likeness (QED) is 0.0778. The van der Waals surface area contributed by atoms with Gasteiger partial charge in [0.15, 0.2) is 12.6 Å². The van der Waals surface area contributed by atoms with E-state index in [0.29, 0.717) is 18.7 Å². The number of ether oxygens (including phenoxy) is 8. The van der Waals surface area contributed by atoms with Gasteiger partial charge in [-0.25, -0.2) is 0 Å². The summed E-state index contributed by atoms with van der Waals surface area (Å²) in [6.45, 7) is 17.3. The van der Waals surface area contributed by atoms with E-state index < -0.39 is 102 Å². The first-order valence-electron chi connectivity index (χ1n) is 20.8. The van der Waals surface area contributed by atoms with E-state index in [1.165, 1.54) is 14.0 Å². The normalized spacial score (nSPS) is 45.8. The summed E-state index contributed by atoms with van der Waals surface area (Å²) < 4.78 is 48.1. The van der Waals surface area contributed by atoms with Gasteiger partial charge in [-0.15, -0.1) is 0 Å². The molecule has 58 heavy (non-hydrogen) atoms. The molecule has 17 nitrogen and oxygen atoms in total. The highest BCUT2D eigenvalue weighted by Crippen LogP contribution is 2.41. The molecule has 340 valence electrons. The Kier molecular flexibility index (Phi) is 18.8. The number of aliphatic hydroxyl groups is 5. The van der Waals surface area contributed by atoms with E-state index in [1.807, 2.05) is 32.8 Å². The third kappa shape index (κ3) is 12.1. The summed E-state index contributed by atoms with van der Waals surface area (Å²) in [5, 5.41) is 63.6. The summed E-state index contributed by atoms with van der Waals surface area (Å²) in [6.07, 6.45) is -9.49. The van der Waals surface area contributed by atoms with Gasteiger partial charge in [-0.3, -0.25) is 4.79 Å². The maximum atomic E-state index is 14.3. The summed E-state index contributed by atoms with van der Waals surface area (Å²) in [5.74, 6) is -4.14. The lowest BCUT2D eigenvalue weighted by molar-refractivity contribution is -0.317. The minimum Gasteiger partial charge on any atom is -0.459 e. The second kappa shape index (κ2) is 21.5. The number of methoxy groups -OCH3 is 2. The molecule has 0 aliphatic carbocycles. The Hall–Kier alpha value is -1.58. The number of cyclic esters (lactones) is 1. The number of oxime groups is 1. The van der Waals surface area contributed by atoms with Crippen molar-refractivity contribution in [2.24, 2.45) is 28.8 Å². The highest BCUT2D eigenvalue weighted by molar-refractivity contribution is 5.88. The van der Waals surface area contributed by atoms with Crippen LogP contribution in [0.5, 0.6) is 0 Å². The molecular formula is C41H76N2O15. The van der Waals surface area contributed by atoms with E-state index in [9.17, 15) is 30.3 Å². The molecule has 0 unspecified atom stereocenters. The number of carbonyl (C=O) groups is 1. The Labute approximate surface area is 345 Å². The third-order valence-corrected chi connectivity index (χ3v) is 12.6. The molecule has 0 aromatic heterocycles. The van der Waals surface area contributed by atoms with Crippen LogP contribution < -0.4 is 0 Å². The maximum Gasteiger partial charge on any atom is 0.311 e. The third-order valence-electron chi connectivity index (χ3n) is 12.6. The smallest absolute Gasteiger partial charge is 0.311 e. The lowest BCUT2D eigenvalue weighted by Gasteiger charge is -2.49. The van der Waals surface area contributed by atoms with Gasteiger partial charge in [-0.1, -0.05) is 32.9 Å². The van der Waals surface area contributed by atoms with E-state index in [1.54, 1.807) is 55.6 Å². The van der Waals surface area contributed by atoms with Crippen LogP contribution in [0.2, 0.25) is 0 Å². The molecule has 3 aliphatic rings. The molecule has 0 bridgehead atoms. The molecule has 18 atom stereocenters. The average Bonchev–Trinajstić information content (AvgIpc) is 3.15. The van der Waals surface area contributed by atoms with Gasteiger partial charge in [0, 0.05) is 44.4 Å². The Morgan fingerprint density at radius 2 is 1.55 bits per heavy atom. The molecule has 5 N–H and O–H groups in total. The van der Waals surface area contributed by atoms with Crippen molar-refractivity contribution in [3.63, 3.8) is 0 Å². The van der Waals surface area contributed by atoms with Crippen molar-refractivity contribution in [2.45, 2.75) is 179 Å². The number of carbonyl (C=O) groups excluding carboxylic acids is 1. The van der Waals surface area contributed by atoms with Crippen molar-refractivity contribution in [1.29, 1.82) is 0 Å². The zero-order valence-electron chi connectivity index (χ0n) is 37.3. The molecule has 3 rings (SSSR count). The first-order valence-corrected chi connectivity index (χ1v) is 20.8. The first-order chi connectivity index (χ1) is 27.0. The van der Waals surface area contributed by atoms with E-state index in [-0.39, 0.29) is 44.8 Å². The van der Waals surface area contributed by atoms with Crippen molar-refractivity contribution in [2.75, 3.05) is 48.3 Å². The molecule has 3 saturated heterocycles. The summed E-state index contributed by atoms with van der Waals surface area (Å²) in [6, 6.07) is -0.328. The molecule has 0 aromatic carbocycles. The van der Waals surface area contributed by atoms with Gasteiger partial charge >= 0.3 is 5.97 Å². The number of likely N-dealkylation sites (N-methyl/N-ethyl adjacent to an activating group) is 1. The molecule has 0 amide bonds. The van der Waals surface area contributed by atoms with E-state index in [4.69, 9.17) is 42.7 Å². The molecule has 17 heteroatoms. The Morgan fingerprint density at radius 3 is 2.14 bits per heavy atom. The predicted octanol–water partition coefficient (Wildman–Crippen LogP) is 2.21. The highest BCUT2D eigenvalue weighted by Gasteiger charge is 2.53. The number of nitrogens with zero attached hydrogens (tertiary/aromatic N) is 2. The van der Waals surface area contributed by atoms with Gasteiger partial charge in [-0.05, 0) is 74.9 Å². The molecule has 3 fully saturated rings. The largest absolute Gasteiger partial charge is 0.459 e. The number of hydrogen-bond acceptors (Lipinski definition) is 17. The number of aliphatic hydroxyl groups excluding tert-OH is 3. The number of esters is 1. The zero-order chi connectivity index (χ0) is 43.9. The van der Waals surface area contributed by atoms with Gasteiger partial charge in [0.1, 0.15) is 23.9 Å². The summed E-state index contributed by atoms with van der Waals surface area (Å²) >= 11 is 0. The molecule has 0 spiro atoms. The Bertz CT molecular complexity index is 1300. The fourth-order valence-corrected chi connectivity index (χ4v) is 8.93. The lowest BCUT2D eigenvalue weighted by Crippen LogP contribution is -2.61. The van der Waals surface area contributed by atoms with Crippen LogP contribution in [0, 0.1) is 23.7 Å². The van der Waals surface area contributed by atoms with Gasteiger partial charge in [0.2, 0.25) is 6.79 Å². The number of rotatable bonds is 13. The fraction of sp³-hybridized carbons (Fsp3) is 0.951. The SMILES string of the molecule is CC[C@@H]1OC(=O)[C@H](C)[C@H](O[C@@H]2C[C@](C)(OC)[C@H](O)[C@H](C)O2)[C@H](C)[C@H](O[C@@H]2O[C@H](C)C[C@H](N(C)C)[C@@H]2O)[C@](C)(O)C[C@H](C)/C(=N/OCOCCOC)[C@H](C)[C@@H](O)[C@]1(C)O. The summed E-state index contributed by atoms with van der Waals surface area (Å²) in [5.41, 5.74) is -4.49. The predicted molar refractivity (Wildman–Crippen MR) is 212 cm³/mol. The highest BCUT2D eigenvalue weighted by atomic mass is 16.7. The van der Waals surface area contributed by atoms with Crippen LogP contribution in [-0.4, -0.2) is 175 Å². The second-order valence-corrected chi connectivity index (χ2v) is 17.7. The molecular weight excluding hydrogens is 760 g/mol.